The largest absolute Gasteiger partial charge is 0.497 e. The molecule has 0 spiro atoms. The summed E-state index contributed by atoms with van der Waals surface area (Å²) in [5.41, 5.74) is 1.05. The highest BCUT2D eigenvalue weighted by atomic mass is 32.2. The molecule has 0 unspecified atom stereocenters. The molecule has 1 amide bonds. The molecule has 3 rings (SSSR count). The van der Waals surface area contributed by atoms with Gasteiger partial charge in [0.1, 0.15) is 22.1 Å². The van der Waals surface area contributed by atoms with Crippen LogP contribution < -0.4 is 24.2 Å². The fourth-order valence-electron chi connectivity index (χ4n) is 2.77. The topological polar surface area (TPSA) is 103 Å². The molecule has 31 heavy (non-hydrogen) atoms. The Balaban J connectivity index is 1.86. The van der Waals surface area contributed by atoms with Gasteiger partial charge in [-0.2, -0.15) is 0 Å². The molecule has 0 saturated carbocycles. The molecular weight excluding hydrogens is 420 g/mol. The first-order chi connectivity index (χ1) is 14.9. The second-order valence-corrected chi connectivity index (χ2v) is 8.03. The molecule has 0 bridgehead atoms. The SMILES string of the molecule is COc1ccc(NC(=O)c2ccc(OC)c(S(=O)(=O)Nc3ccc(OC)cc3)c2)cc1. The van der Waals surface area contributed by atoms with Gasteiger partial charge in [0.05, 0.1) is 21.3 Å². The highest BCUT2D eigenvalue weighted by Gasteiger charge is 2.22. The highest BCUT2D eigenvalue weighted by Crippen LogP contribution is 2.28. The van der Waals surface area contributed by atoms with Crippen molar-refractivity contribution in [2.45, 2.75) is 4.90 Å². The quantitative estimate of drug-likeness (QED) is 0.551. The second kappa shape index (κ2) is 9.40. The standard InChI is InChI=1S/C22H22N2O6S/c1-28-18-9-5-16(6-10-18)23-22(25)15-4-13-20(30-3)21(14-15)31(26,27)24-17-7-11-19(29-2)12-8-17/h4-14,24H,1-3H3,(H,23,25). The van der Waals surface area contributed by atoms with E-state index in [4.69, 9.17) is 14.2 Å². The highest BCUT2D eigenvalue weighted by molar-refractivity contribution is 7.92. The zero-order valence-electron chi connectivity index (χ0n) is 17.2. The molecule has 162 valence electrons. The smallest absolute Gasteiger partial charge is 0.265 e. The van der Waals surface area contributed by atoms with Crippen molar-refractivity contribution in [3.8, 4) is 17.2 Å². The van der Waals surface area contributed by atoms with Gasteiger partial charge in [0.15, 0.2) is 0 Å². The first-order valence-electron chi connectivity index (χ1n) is 9.16. The Bertz CT molecular complexity index is 1160. The number of carbonyl (C=O) groups is 1. The molecule has 0 aliphatic heterocycles. The molecule has 0 aromatic heterocycles. The number of ether oxygens (including phenoxy) is 3. The number of rotatable bonds is 8. The van der Waals surface area contributed by atoms with Gasteiger partial charge in [0.2, 0.25) is 0 Å². The summed E-state index contributed by atoms with van der Waals surface area (Å²) in [7, 11) is 0.403. The Morgan fingerprint density at radius 3 is 1.81 bits per heavy atom. The van der Waals surface area contributed by atoms with Crippen molar-refractivity contribution in [1.82, 2.24) is 0 Å². The predicted octanol–water partition coefficient (Wildman–Crippen LogP) is 3.77. The summed E-state index contributed by atoms with van der Waals surface area (Å²) in [5, 5.41) is 2.72. The number of nitrogens with one attached hydrogen (secondary N) is 2. The number of methoxy groups -OCH3 is 3. The lowest BCUT2D eigenvalue weighted by Crippen LogP contribution is -2.17. The first kappa shape index (κ1) is 22.0. The van der Waals surface area contributed by atoms with Gasteiger partial charge < -0.3 is 19.5 Å². The van der Waals surface area contributed by atoms with Crippen LogP contribution in [0.5, 0.6) is 17.2 Å². The Morgan fingerprint density at radius 2 is 1.29 bits per heavy atom. The van der Waals surface area contributed by atoms with E-state index in [2.05, 4.69) is 10.0 Å². The number of hydrogen-bond donors (Lipinski definition) is 2. The van der Waals surface area contributed by atoms with Crippen molar-refractivity contribution in [2.24, 2.45) is 0 Å². The van der Waals surface area contributed by atoms with Crippen LogP contribution in [-0.2, 0) is 10.0 Å². The minimum Gasteiger partial charge on any atom is -0.497 e. The van der Waals surface area contributed by atoms with E-state index in [1.807, 2.05) is 0 Å². The van der Waals surface area contributed by atoms with E-state index < -0.39 is 15.9 Å². The van der Waals surface area contributed by atoms with Crippen LogP contribution in [0, 0.1) is 0 Å². The third kappa shape index (κ3) is 5.26. The minimum absolute atomic E-state index is 0.113. The molecule has 0 atom stereocenters. The van der Waals surface area contributed by atoms with Crippen LogP contribution in [0.1, 0.15) is 10.4 Å². The Hall–Kier alpha value is -3.72. The van der Waals surface area contributed by atoms with E-state index in [1.54, 1.807) is 55.6 Å². The maximum atomic E-state index is 13.0. The van der Waals surface area contributed by atoms with Crippen LogP contribution in [0.25, 0.3) is 0 Å². The van der Waals surface area contributed by atoms with E-state index in [9.17, 15) is 13.2 Å². The van der Waals surface area contributed by atoms with Crippen LogP contribution in [-0.4, -0.2) is 35.7 Å². The van der Waals surface area contributed by atoms with Crippen LogP contribution in [0.4, 0.5) is 11.4 Å². The van der Waals surface area contributed by atoms with Crippen molar-refractivity contribution in [3.05, 3.63) is 72.3 Å². The summed E-state index contributed by atoms with van der Waals surface area (Å²) in [4.78, 5) is 12.5. The van der Waals surface area contributed by atoms with Gasteiger partial charge in [-0.1, -0.05) is 0 Å². The maximum absolute atomic E-state index is 13.0. The molecular formula is C22H22N2O6S. The van der Waals surface area contributed by atoms with Crippen molar-refractivity contribution in [2.75, 3.05) is 31.4 Å². The predicted molar refractivity (Wildman–Crippen MR) is 118 cm³/mol. The van der Waals surface area contributed by atoms with Crippen molar-refractivity contribution in [3.63, 3.8) is 0 Å². The summed E-state index contributed by atoms with van der Waals surface area (Å²) >= 11 is 0. The average molecular weight is 442 g/mol. The lowest BCUT2D eigenvalue weighted by Gasteiger charge is -2.13. The molecule has 3 aromatic carbocycles. The van der Waals surface area contributed by atoms with E-state index >= 15 is 0 Å². The number of benzene rings is 3. The molecule has 0 aliphatic rings. The van der Waals surface area contributed by atoms with Gasteiger partial charge in [-0.05, 0) is 66.7 Å². The minimum atomic E-state index is -4.03. The Kier molecular flexibility index (Phi) is 6.66. The monoisotopic (exact) mass is 442 g/mol. The summed E-state index contributed by atoms with van der Waals surface area (Å²) in [6.45, 7) is 0. The van der Waals surface area contributed by atoms with E-state index in [0.29, 0.717) is 22.9 Å². The van der Waals surface area contributed by atoms with Crippen molar-refractivity contribution < 1.29 is 27.4 Å². The number of carbonyl (C=O) groups excluding carboxylic acids is 1. The first-order valence-corrected chi connectivity index (χ1v) is 10.6. The molecule has 3 aromatic rings. The summed E-state index contributed by atoms with van der Waals surface area (Å²) < 4.78 is 43.8. The molecule has 0 aliphatic carbocycles. The summed E-state index contributed by atoms with van der Waals surface area (Å²) in [6, 6.07) is 17.4. The Labute approximate surface area is 180 Å². The van der Waals surface area contributed by atoms with Crippen LogP contribution in [0.2, 0.25) is 0 Å². The summed E-state index contributed by atoms with van der Waals surface area (Å²) in [5.74, 6) is 0.897. The molecule has 8 nitrogen and oxygen atoms in total. The fraction of sp³-hybridized carbons (Fsp3) is 0.136. The zero-order valence-corrected chi connectivity index (χ0v) is 18.0. The number of hydrogen-bond acceptors (Lipinski definition) is 6. The van der Waals surface area contributed by atoms with E-state index in [1.165, 1.54) is 32.4 Å². The van der Waals surface area contributed by atoms with E-state index in [0.717, 1.165) is 0 Å². The van der Waals surface area contributed by atoms with Gasteiger partial charge >= 0.3 is 0 Å². The third-order valence-electron chi connectivity index (χ3n) is 4.41. The van der Waals surface area contributed by atoms with Crippen LogP contribution >= 0.6 is 0 Å². The van der Waals surface area contributed by atoms with Crippen LogP contribution in [0.3, 0.4) is 0 Å². The number of anilines is 2. The van der Waals surface area contributed by atoms with Gasteiger partial charge in [0.25, 0.3) is 15.9 Å². The molecule has 2 N–H and O–H groups in total. The maximum Gasteiger partial charge on any atom is 0.265 e. The average Bonchev–Trinajstić information content (AvgIpc) is 2.79. The van der Waals surface area contributed by atoms with Gasteiger partial charge in [-0.15, -0.1) is 0 Å². The van der Waals surface area contributed by atoms with Crippen LogP contribution in [0.15, 0.2) is 71.6 Å². The molecule has 0 fully saturated rings. The molecule has 0 saturated heterocycles. The van der Waals surface area contributed by atoms with Gasteiger partial charge in [0, 0.05) is 16.9 Å². The third-order valence-corrected chi connectivity index (χ3v) is 5.81. The Morgan fingerprint density at radius 1 is 0.742 bits per heavy atom. The lowest BCUT2D eigenvalue weighted by molar-refractivity contribution is 0.102. The lowest BCUT2D eigenvalue weighted by atomic mass is 10.2. The zero-order chi connectivity index (χ0) is 22.4. The number of sulfonamides is 1. The normalized spacial score (nSPS) is 10.8. The molecule has 0 heterocycles. The molecule has 9 heteroatoms. The second-order valence-electron chi connectivity index (χ2n) is 6.38. The van der Waals surface area contributed by atoms with Gasteiger partial charge in [-0.3, -0.25) is 9.52 Å². The summed E-state index contributed by atoms with van der Waals surface area (Å²) in [6.07, 6.45) is 0. The fourth-order valence-corrected chi connectivity index (χ4v) is 4.03. The van der Waals surface area contributed by atoms with E-state index in [-0.39, 0.29) is 16.2 Å². The van der Waals surface area contributed by atoms with Crippen molar-refractivity contribution >= 4 is 27.3 Å². The van der Waals surface area contributed by atoms with Crippen molar-refractivity contribution in [1.29, 1.82) is 0 Å². The van der Waals surface area contributed by atoms with Gasteiger partial charge in [-0.25, -0.2) is 8.42 Å². The molecule has 0 radical (unpaired) electrons. The number of amides is 1.